The molecule has 0 fully saturated rings. The van der Waals surface area contributed by atoms with Crippen molar-refractivity contribution in [2.75, 3.05) is 26.7 Å². The number of nitrogens with zero attached hydrogens (tertiary/aromatic N) is 3. The van der Waals surface area contributed by atoms with Crippen LogP contribution in [0, 0.1) is 0 Å². The first-order valence-corrected chi connectivity index (χ1v) is 16.3. The first-order valence-electron chi connectivity index (χ1n) is 15.1. The second kappa shape index (κ2) is 14.5. The number of carbonyl (C=O) groups excluding carboxylic acids is 2. The van der Waals surface area contributed by atoms with E-state index in [4.69, 9.17) is 11.6 Å². The summed E-state index contributed by atoms with van der Waals surface area (Å²) in [6.45, 7) is 11.3. The number of benzene rings is 2. The van der Waals surface area contributed by atoms with Crippen LogP contribution in [0.5, 0.6) is 0 Å². The van der Waals surface area contributed by atoms with E-state index in [1.54, 1.807) is 10.4 Å². The van der Waals surface area contributed by atoms with Crippen molar-refractivity contribution < 1.29 is 22.8 Å². The second-order valence-electron chi connectivity index (χ2n) is 11.7. The summed E-state index contributed by atoms with van der Waals surface area (Å²) in [7, 11) is 2.00. The molecule has 1 heterocycles. The van der Waals surface area contributed by atoms with Crippen LogP contribution < -0.4 is 0 Å². The van der Waals surface area contributed by atoms with E-state index in [2.05, 4.69) is 35.8 Å². The van der Waals surface area contributed by atoms with E-state index in [0.29, 0.717) is 37.9 Å². The molecular weight excluding hydrogens is 607 g/mol. The Hall–Kier alpha value is -2.91. The molecule has 4 rings (SSSR count). The summed E-state index contributed by atoms with van der Waals surface area (Å²) in [5.41, 5.74) is 5.53. The molecule has 238 valence electrons. The number of rotatable bonds is 11. The standard InChI is InChI=1S/C34H41ClF3N3O2S/c1-6-32(42)41(44-22(2)3)21-33(43)40-15-13-25(14-16-40)27-10-9-26-11-12-31(30(26)19-27)39(5)23(4)7-8-24-17-28(34(36,37)38)20-29(35)18-24/h9-10,13,17-20,22,31H,4,6-8,11-12,14-16,21H2,1-3,5H3. The van der Waals surface area contributed by atoms with Crippen LogP contribution in [0.2, 0.25) is 5.02 Å². The van der Waals surface area contributed by atoms with Crippen LogP contribution in [0.15, 0.2) is 54.8 Å². The van der Waals surface area contributed by atoms with Crippen molar-refractivity contribution in [1.29, 1.82) is 0 Å². The molecule has 44 heavy (non-hydrogen) atoms. The third-order valence-electron chi connectivity index (χ3n) is 8.28. The molecule has 10 heteroatoms. The molecule has 1 aliphatic carbocycles. The predicted molar refractivity (Wildman–Crippen MR) is 173 cm³/mol. The van der Waals surface area contributed by atoms with Gasteiger partial charge in [0.25, 0.3) is 0 Å². The van der Waals surface area contributed by atoms with Gasteiger partial charge in [-0.1, -0.05) is 57.2 Å². The lowest BCUT2D eigenvalue weighted by Crippen LogP contribution is -2.42. The summed E-state index contributed by atoms with van der Waals surface area (Å²) in [6, 6.07) is 10.4. The summed E-state index contributed by atoms with van der Waals surface area (Å²) in [4.78, 5) is 29.3. The van der Waals surface area contributed by atoms with E-state index >= 15 is 0 Å². The average Bonchev–Trinajstić information content (AvgIpc) is 3.41. The number of carbonyl (C=O) groups is 2. The summed E-state index contributed by atoms with van der Waals surface area (Å²) in [5.74, 6) is -0.0810. The average molecular weight is 648 g/mol. The first-order chi connectivity index (χ1) is 20.8. The number of amides is 2. The van der Waals surface area contributed by atoms with Crippen LogP contribution in [0.1, 0.15) is 80.3 Å². The second-order valence-corrected chi connectivity index (χ2v) is 13.8. The van der Waals surface area contributed by atoms with Gasteiger partial charge in [0.15, 0.2) is 0 Å². The maximum absolute atomic E-state index is 13.2. The minimum absolute atomic E-state index is 0.0364. The highest BCUT2D eigenvalue weighted by Crippen LogP contribution is 2.39. The Balaban J connectivity index is 1.39. The highest BCUT2D eigenvalue weighted by Gasteiger charge is 2.32. The van der Waals surface area contributed by atoms with Crippen LogP contribution in [-0.2, 0) is 28.6 Å². The quantitative estimate of drug-likeness (QED) is 0.230. The van der Waals surface area contributed by atoms with Crippen molar-refractivity contribution in [2.45, 2.75) is 76.8 Å². The number of halogens is 4. The van der Waals surface area contributed by atoms with Crippen molar-refractivity contribution in [3.05, 3.63) is 87.6 Å². The van der Waals surface area contributed by atoms with Gasteiger partial charge in [0.05, 0.1) is 11.6 Å². The SMILES string of the molecule is C=C(CCc1cc(Cl)cc(C(F)(F)F)c1)N(C)C1CCc2ccc(C3=CCN(C(=O)CN(SC(C)C)C(=O)CC)CC3)cc21. The van der Waals surface area contributed by atoms with E-state index < -0.39 is 11.7 Å². The summed E-state index contributed by atoms with van der Waals surface area (Å²) in [6.07, 6.45) is 1.58. The largest absolute Gasteiger partial charge is 0.416 e. The van der Waals surface area contributed by atoms with Gasteiger partial charge in [-0.15, -0.1) is 0 Å². The zero-order valence-electron chi connectivity index (χ0n) is 25.8. The van der Waals surface area contributed by atoms with E-state index in [1.807, 2.05) is 32.7 Å². The van der Waals surface area contributed by atoms with Gasteiger partial charge in [-0.2, -0.15) is 13.2 Å². The summed E-state index contributed by atoms with van der Waals surface area (Å²) in [5, 5.41) is 0.287. The van der Waals surface area contributed by atoms with Crippen molar-refractivity contribution in [2.24, 2.45) is 0 Å². The van der Waals surface area contributed by atoms with Gasteiger partial charge in [0, 0.05) is 42.5 Å². The molecule has 0 radical (unpaired) electrons. The van der Waals surface area contributed by atoms with E-state index in [-0.39, 0.29) is 34.7 Å². The molecule has 0 saturated carbocycles. The summed E-state index contributed by atoms with van der Waals surface area (Å²) < 4.78 is 41.3. The number of hydrogen-bond acceptors (Lipinski definition) is 4. The first kappa shape index (κ1) is 34.0. The monoisotopic (exact) mass is 647 g/mol. The van der Waals surface area contributed by atoms with Gasteiger partial charge >= 0.3 is 6.18 Å². The van der Waals surface area contributed by atoms with Crippen molar-refractivity contribution in [1.82, 2.24) is 14.1 Å². The number of aryl methyl sites for hydroxylation is 2. The van der Waals surface area contributed by atoms with Crippen molar-refractivity contribution >= 4 is 40.9 Å². The lowest BCUT2D eigenvalue weighted by molar-refractivity contribution is -0.137. The molecule has 1 unspecified atom stereocenters. The predicted octanol–water partition coefficient (Wildman–Crippen LogP) is 8.34. The van der Waals surface area contributed by atoms with Gasteiger partial charge in [0.1, 0.15) is 6.54 Å². The van der Waals surface area contributed by atoms with Gasteiger partial charge in [0.2, 0.25) is 11.8 Å². The molecule has 2 aromatic rings. The summed E-state index contributed by atoms with van der Waals surface area (Å²) >= 11 is 7.38. The maximum Gasteiger partial charge on any atom is 0.416 e. The number of fused-ring (bicyclic) bond motifs is 1. The molecule has 2 aromatic carbocycles. The number of allylic oxidation sites excluding steroid dienone is 1. The molecular formula is C34H41ClF3N3O2S. The smallest absolute Gasteiger partial charge is 0.371 e. The molecule has 0 aromatic heterocycles. The van der Waals surface area contributed by atoms with Gasteiger partial charge in [-0.25, -0.2) is 0 Å². The fraction of sp³-hybridized carbons (Fsp3) is 0.471. The molecule has 5 nitrogen and oxygen atoms in total. The Labute approximate surface area is 268 Å². The molecule has 1 atom stereocenters. The minimum atomic E-state index is -4.44. The topological polar surface area (TPSA) is 43.9 Å². The van der Waals surface area contributed by atoms with Crippen LogP contribution in [0.25, 0.3) is 5.57 Å². The maximum atomic E-state index is 13.2. The van der Waals surface area contributed by atoms with Crippen LogP contribution in [0.4, 0.5) is 13.2 Å². The molecule has 0 N–H and O–H groups in total. The highest BCUT2D eigenvalue weighted by atomic mass is 35.5. The fourth-order valence-corrected chi connectivity index (χ4v) is 7.02. The Bertz CT molecular complexity index is 1420. The van der Waals surface area contributed by atoms with Crippen LogP contribution in [0.3, 0.4) is 0 Å². The molecule has 0 spiro atoms. The van der Waals surface area contributed by atoms with Gasteiger partial charge in [-0.05, 0) is 96.1 Å². The minimum Gasteiger partial charge on any atom is -0.371 e. The highest BCUT2D eigenvalue weighted by molar-refractivity contribution is 7.98. The third-order valence-corrected chi connectivity index (χ3v) is 9.50. The van der Waals surface area contributed by atoms with Crippen LogP contribution >= 0.6 is 23.5 Å². The Kier molecular flexibility index (Phi) is 11.2. The lowest BCUT2D eigenvalue weighted by atomic mass is 9.95. The molecule has 2 amide bonds. The molecule has 2 aliphatic rings. The van der Waals surface area contributed by atoms with Crippen molar-refractivity contribution in [3.63, 3.8) is 0 Å². The Morgan fingerprint density at radius 3 is 2.55 bits per heavy atom. The van der Waals surface area contributed by atoms with Gasteiger partial charge < -0.3 is 9.80 Å². The third kappa shape index (κ3) is 8.42. The Morgan fingerprint density at radius 2 is 1.91 bits per heavy atom. The molecule has 0 bridgehead atoms. The number of hydrogen-bond donors (Lipinski definition) is 0. The van der Waals surface area contributed by atoms with Gasteiger partial charge in [-0.3, -0.25) is 13.9 Å². The van der Waals surface area contributed by atoms with Crippen LogP contribution in [-0.4, -0.2) is 57.9 Å². The Morgan fingerprint density at radius 1 is 1.16 bits per heavy atom. The van der Waals surface area contributed by atoms with E-state index in [1.165, 1.54) is 28.6 Å². The molecule has 0 saturated heterocycles. The normalized spacial score (nSPS) is 16.5. The zero-order valence-corrected chi connectivity index (χ0v) is 27.4. The number of alkyl halides is 3. The fourth-order valence-electron chi connectivity index (χ4n) is 5.82. The molecule has 1 aliphatic heterocycles. The van der Waals surface area contributed by atoms with E-state index in [0.717, 1.165) is 42.7 Å². The zero-order chi connectivity index (χ0) is 32.2. The van der Waals surface area contributed by atoms with Crippen molar-refractivity contribution in [3.8, 4) is 0 Å². The van der Waals surface area contributed by atoms with E-state index in [9.17, 15) is 22.8 Å². The lowest BCUT2D eigenvalue weighted by Gasteiger charge is -2.31.